The summed E-state index contributed by atoms with van der Waals surface area (Å²) in [6.07, 6.45) is 2.10. The fraction of sp³-hybridized carbons (Fsp3) is 0.929. The third kappa shape index (κ3) is 4.25. The minimum absolute atomic E-state index is 0.0407. The number of likely N-dealkylation sites (N-methyl/N-ethyl adjacent to an activating group) is 1. The molecule has 106 valence electrons. The lowest BCUT2D eigenvalue weighted by molar-refractivity contribution is -0.129. The molecule has 0 aliphatic carbocycles. The molecule has 18 heavy (non-hydrogen) atoms. The molecule has 0 aromatic rings. The molecule has 1 aliphatic rings. The van der Waals surface area contributed by atoms with Crippen molar-refractivity contribution in [2.75, 3.05) is 26.7 Å². The highest BCUT2D eigenvalue weighted by Crippen LogP contribution is 2.12. The maximum Gasteiger partial charge on any atom is 0.239 e. The molecule has 1 rings (SSSR count). The Morgan fingerprint density at radius 2 is 2.11 bits per heavy atom. The van der Waals surface area contributed by atoms with Gasteiger partial charge >= 0.3 is 0 Å². The van der Waals surface area contributed by atoms with Gasteiger partial charge in [0.2, 0.25) is 5.91 Å². The number of carbonyl (C=O) groups excluding carboxylic acids is 1. The standard InChI is InChI=1S/C14H29N3O/c1-6-12(4)16(5)9-10-17-8-7-13(14(17)18)15-11(2)3/h11-13,15H,6-10H2,1-5H3. The highest BCUT2D eigenvalue weighted by Gasteiger charge is 2.31. The Kier molecular flexibility index (Phi) is 6.09. The zero-order valence-corrected chi connectivity index (χ0v) is 12.6. The number of rotatable bonds is 7. The topological polar surface area (TPSA) is 35.6 Å². The van der Waals surface area contributed by atoms with Gasteiger partial charge in [0.15, 0.2) is 0 Å². The molecule has 4 nitrogen and oxygen atoms in total. The van der Waals surface area contributed by atoms with Gasteiger partial charge in [-0.2, -0.15) is 0 Å². The first-order chi connectivity index (χ1) is 8.45. The molecule has 1 N–H and O–H groups in total. The Hall–Kier alpha value is -0.610. The summed E-state index contributed by atoms with van der Waals surface area (Å²) in [4.78, 5) is 16.5. The molecule has 2 atom stereocenters. The van der Waals surface area contributed by atoms with Crippen LogP contribution in [0.2, 0.25) is 0 Å². The van der Waals surface area contributed by atoms with E-state index < -0.39 is 0 Å². The van der Waals surface area contributed by atoms with E-state index in [0.29, 0.717) is 12.1 Å². The summed E-state index contributed by atoms with van der Waals surface area (Å²) in [5, 5.41) is 3.34. The van der Waals surface area contributed by atoms with E-state index in [1.54, 1.807) is 0 Å². The Balaban J connectivity index is 2.34. The maximum absolute atomic E-state index is 12.1. The zero-order chi connectivity index (χ0) is 13.7. The van der Waals surface area contributed by atoms with Gasteiger partial charge in [0.1, 0.15) is 0 Å². The molecular weight excluding hydrogens is 226 g/mol. The molecule has 2 unspecified atom stereocenters. The summed E-state index contributed by atoms with van der Waals surface area (Å²) in [7, 11) is 2.14. The molecule has 0 aromatic heterocycles. The van der Waals surface area contributed by atoms with Crippen LogP contribution in [-0.4, -0.2) is 60.5 Å². The van der Waals surface area contributed by atoms with Crippen LogP contribution < -0.4 is 5.32 Å². The highest BCUT2D eigenvalue weighted by atomic mass is 16.2. The fourth-order valence-electron chi connectivity index (χ4n) is 2.33. The van der Waals surface area contributed by atoms with Crippen molar-refractivity contribution >= 4 is 5.91 Å². The maximum atomic E-state index is 12.1. The smallest absolute Gasteiger partial charge is 0.239 e. The van der Waals surface area contributed by atoms with Crippen molar-refractivity contribution in [1.29, 1.82) is 0 Å². The van der Waals surface area contributed by atoms with Crippen LogP contribution in [-0.2, 0) is 4.79 Å². The second-order valence-electron chi connectivity index (χ2n) is 5.73. The van der Waals surface area contributed by atoms with E-state index in [4.69, 9.17) is 0 Å². The van der Waals surface area contributed by atoms with Gasteiger partial charge in [-0.15, -0.1) is 0 Å². The monoisotopic (exact) mass is 255 g/mol. The average Bonchev–Trinajstić information content (AvgIpc) is 2.66. The molecule has 1 amide bonds. The number of hydrogen-bond acceptors (Lipinski definition) is 3. The van der Waals surface area contributed by atoms with Crippen molar-refractivity contribution in [3.63, 3.8) is 0 Å². The van der Waals surface area contributed by atoms with Gasteiger partial charge in [-0.05, 0) is 26.8 Å². The van der Waals surface area contributed by atoms with Crippen molar-refractivity contribution in [3.8, 4) is 0 Å². The lowest BCUT2D eigenvalue weighted by atomic mass is 10.2. The summed E-state index contributed by atoms with van der Waals surface area (Å²) >= 11 is 0. The van der Waals surface area contributed by atoms with Crippen molar-refractivity contribution in [2.24, 2.45) is 0 Å². The van der Waals surface area contributed by atoms with Crippen molar-refractivity contribution in [2.45, 2.75) is 58.7 Å². The average molecular weight is 255 g/mol. The second kappa shape index (κ2) is 7.10. The van der Waals surface area contributed by atoms with E-state index in [9.17, 15) is 4.79 Å². The predicted molar refractivity (Wildman–Crippen MR) is 75.6 cm³/mol. The first-order valence-corrected chi connectivity index (χ1v) is 7.20. The quantitative estimate of drug-likeness (QED) is 0.745. The lowest BCUT2D eigenvalue weighted by Gasteiger charge is -2.26. The van der Waals surface area contributed by atoms with Crippen molar-refractivity contribution in [1.82, 2.24) is 15.1 Å². The number of amides is 1. The van der Waals surface area contributed by atoms with Crippen LogP contribution in [0.25, 0.3) is 0 Å². The van der Waals surface area contributed by atoms with E-state index >= 15 is 0 Å². The first-order valence-electron chi connectivity index (χ1n) is 7.20. The van der Waals surface area contributed by atoms with E-state index in [1.807, 2.05) is 4.90 Å². The zero-order valence-electron chi connectivity index (χ0n) is 12.6. The SMILES string of the molecule is CCC(C)N(C)CCN1CCC(NC(C)C)C1=O. The Bertz CT molecular complexity index is 268. The van der Waals surface area contributed by atoms with Crippen LogP contribution in [0.4, 0.5) is 0 Å². The van der Waals surface area contributed by atoms with Crippen LogP contribution in [0.15, 0.2) is 0 Å². The molecule has 1 fully saturated rings. The summed E-state index contributed by atoms with van der Waals surface area (Å²) in [6, 6.07) is 1.01. The van der Waals surface area contributed by atoms with E-state index in [-0.39, 0.29) is 11.9 Å². The number of hydrogen-bond donors (Lipinski definition) is 1. The molecule has 0 aromatic carbocycles. The van der Waals surface area contributed by atoms with Crippen molar-refractivity contribution in [3.05, 3.63) is 0 Å². The molecule has 0 radical (unpaired) electrons. The van der Waals surface area contributed by atoms with E-state index in [2.05, 4.69) is 45.0 Å². The van der Waals surface area contributed by atoms with Crippen LogP contribution in [0.5, 0.6) is 0 Å². The van der Waals surface area contributed by atoms with Gasteiger partial charge in [0.25, 0.3) is 0 Å². The molecule has 0 spiro atoms. The van der Waals surface area contributed by atoms with Crippen LogP contribution in [0.1, 0.15) is 40.5 Å². The number of nitrogens with zero attached hydrogens (tertiary/aromatic N) is 2. The molecule has 0 bridgehead atoms. The third-order valence-electron chi connectivity index (χ3n) is 3.90. The largest absolute Gasteiger partial charge is 0.340 e. The normalized spacial score (nSPS) is 22.3. The molecule has 0 saturated carbocycles. The van der Waals surface area contributed by atoms with Gasteiger partial charge < -0.3 is 15.1 Å². The number of likely N-dealkylation sites (tertiary alicyclic amines) is 1. The fourth-order valence-corrected chi connectivity index (χ4v) is 2.33. The van der Waals surface area contributed by atoms with Crippen LogP contribution >= 0.6 is 0 Å². The molecule has 1 saturated heterocycles. The van der Waals surface area contributed by atoms with Gasteiger partial charge in [0.05, 0.1) is 6.04 Å². The summed E-state index contributed by atoms with van der Waals surface area (Å²) in [5.74, 6) is 0.279. The number of nitrogens with one attached hydrogen (secondary N) is 1. The molecule has 1 heterocycles. The Morgan fingerprint density at radius 1 is 1.44 bits per heavy atom. The van der Waals surface area contributed by atoms with E-state index in [0.717, 1.165) is 32.5 Å². The van der Waals surface area contributed by atoms with Gasteiger partial charge in [-0.1, -0.05) is 20.8 Å². The molecule has 4 heteroatoms. The minimum atomic E-state index is 0.0407. The summed E-state index contributed by atoms with van der Waals surface area (Å²) < 4.78 is 0. The van der Waals surface area contributed by atoms with Crippen LogP contribution in [0.3, 0.4) is 0 Å². The van der Waals surface area contributed by atoms with Crippen LogP contribution in [0, 0.1) is 0 Å². The first kappa shape index (κ1) is 15.4. The number of carbonyl (C=O) groups is 1. The highest BCUT2D eigenvalue weighted by molar-refractivity contribution is 5.84. The lowest BCUT2D eigenvalue weighted by Crippen LogP contribution is -2.43. The second-order valence-corrected chi connectivity index (χ2v) is 5.73. The Morgan fingerprint density at radius 3 is 2.67 bits per heavy atom. The molecule has 1 aliphatic heterocycles. The minimum Gasteiger partial charge on any atom is -0.340 e. The molecular formula is C14H29N3O. The Labute approximate surface area is 112 Å². The summed E-state index contributed by atoms with van der Waals surface area (Å²) in [5.41, 5.74) is 0. The predicted octanol–water partition coefficient (Wildman–Crippen LogP) is 1.32. The van der Waals surface area contributed by atoms with Crippen molar-refractivity contribution < 1.29 is 4.79 Å². The van der Waals surface area contributed by atoms with E-state index in [1.165, 1.54) is 0 Å². The van der Waals surface area contributed by atoms with Gasteiger partial charge in [-0.3, -0.25) is 4.79 Å². The summed E-state index contributed by atoms with van der Waals surface area (Å²) in [6.45, 7) is 11.3. The van der Waals surface area contributed by atoms with Gasteiger partial charge in [-0.25, -0.2) is 0 Å². The van der Waals surface area contributed by atoms with Gasteiger partial charge in [0, 0.05) is 31.7 Å². The third-order valence-corrected chi connectivity index (χ3v) is 3.90.